The molecule has 1 fully saturated rings. The number of morpholine rings is 1. The van der Waals surface area contributed by atoms with Crippen LogP contribution in [0.15, 0.2) is 0 Å². The van der Waals surface area contributed by atoms with Crippen LogP contribution >= 0.6 is 0 Å². The van der Waals surface area contributed by atoms with E-state index in [9.17, 15) is 9.59 Å². The molecule has 0 unspecified atom stereocenters. The summed E-state index contributed by atoms with van der Waals surface area (Å²) >= 11 is 0. The topological polar surface area (TPSA) is 77.1 Å². The Morgan fingerprint density at radius 3 is 2.58 bits per heavy atom. The molecule has 7 heteroatoms. The number of ether oxygens (including phenoxy) is 3. The number of hydrogen-bond acceptors (Lipinski definition) is 6. The molecule has 0 aromatic rings. The van der Waals surface area contributed by atoms with Crippen LogP contribution in [-0.4, -0.2) is 68.6 Å². The van der Waals surface area contributed by atoms with Crippen molar-refractivity contribution in [2.45, 2.75) is 58.2 Å². The molecule has 0 saturated carbocycles. The van der Waals surface area contributed by atoms with Gasteiger partial charge in [0, 0.05) is 19.6 Å². The van der Waals surface area contributed by atoms with Crippen molar-refractivity contribution in [1.82, 2.24) is 10.2 Å². The molecule has 140 valence electrons. The first-order valence-corrected chi connectivity index (χ1v) is 8.70. The third kappa shape index (κ3) is 9.08. The monoisotopic (exact) mass is 344 g/mol. The summed E-state index contributed by atoms with van der Waals surface area (Å²) in [4.78, 5) is 25.2. The van der Waals surface area contributed by atoms with E-state index in [0.717, 1.165) is 38.8 Å². The Balaban J connectivity index is 2.02. The summed E-state index contributed by atoms with van der Waals surface area (Å²) in [7, 11) is 1.38. The summed E-state index contributed by atoms with van der Waals surface area (Å²) in [5.41, 5.74) is -0.454. The van der Waals surface area contributed by atoms with E-state index < -0.39 is 11.7 Å². The van der Waals surface area contributed by atoms with E-state index in [2.05, 4.69) is 10.2 Å². The molecule has 1 atom stereocenters. The van der Waals surface area contributed by atoms with Gasteiger partial charge < -0.3 is 19.5 Å². The van der Waals surface area contributed by atoms with Crippen LogP contribution in [0.2, 0.25) is 0 Å². The van der Waals surface area contributed by atoms with Gasteiger partial charge in [-0.3, -0.25) is 4.90 Å². The van der Waals surface area contributed by atoms with Gasteiger partial charge in [0.2, 0.25) is 0 Å². The Bertz CT molecular complexity index is 395. The molecule has 1 aliphatic rings. The largest absolute Gasteiger partial charge is 0.467 e. The second-order valence-electron chi connectivity index (χ2n) is 7.03. The highest BCUT2D eigenvalue weighted by Crippen LogP contribution is 2.09. The van der Waals surface area contributed by atoms with Crippen LogP contribution in [0.5, 0.6) is 0 Å². The maximum absolute atomic E-state index is 11.5. The van der Waals surface area contributed by atoms with Crippen LogP contribution in [0.25, 0.3) is 0 Å². The number of alkyl carbamates (subject to hydrolysis) is 1. The Kier molecular flexibility index (Phi) is 9.07. The maximum Gasteiger partial charge on any atom is 0.407 e. The van der Waals surface area contributed by atoms with Crippen LogP contribution in [0.1, 0.15) is 46.5 Å². The summed E-state index contributed by atoms with van der Waals surface area (Å²) in [6.45, 7) is 9.17. The first-order chi connectivity index (χ1) is 11.3. The Morgan fingerprint density at radius 1 is 1.21 bits per heavy atom. The van der Waals surface area contributed by atoms with Crippen LogP contribution in [-0.2, 0) is 19.0 Å². The Morgan fingerprint density at radius 2 is 1.92 bits per heavy atom. The third-order valence-corrected chi connectivity index (χ3v) is 3.68. The summed E-state index contributed by atoms with van der Waals surface area (Å²) in [5, 5.41) is 2.76. The molecular weight excluding hydrogens is 312 g/mol. The average Bonchev–Trinajstić information content (AvgIpc) is 2.51. The highest BCUT2D eigenvalue weighted by molar-refractivity contribution is 5.74. The fourth-order valence-electron chi connectivity index (χ4n) is 2.50. The molecule has 0 radical (unpaired) electrons. The van der Waals surface area contributed by atoms with Gasteiger partial charge in [-0.15, -0.1) is 0 Å². The van der Waals surface area contributed by atoms with E-state index in [1.165, 1.54) is 7.11 Å². The minimum absolute atomic E-state index is 0.298. The second-order valence-corrected chi connectivity index (χ2v) is 7.03. The van der Waals surface area contributed by atoms with Crippen molar-refractivity contribution >= 4 is 12.1 Å². The van der Waals surface area contributed by atoms with Gasteiger partial charge in [-0.25, -0.2) is 9.59 Å². The molecular formula is C17H32N2O5. The van der Waals surface area contributed by atoms with E-state index in [1.807, 2.05) is 20.8 Å². The molecule has 1 N–H and O–H groups in total. The van der Waals surface area contributed by atoms with Gasteiger partial charge in [0.15, 0.2) is 6.10 Å². The molecule has 7 nitrogen and oxygen atoms in total. The minimum Gasteiger partial charge on any atom is -0.467 e. The predicted molar refractivity (Wildman–Crippen MR) is 90.9 cm³/mol. The quantitative estimate of drug-likeness (QED) is 0.536. The first-order valence-electron chi connectivity index (χ1n) is 8.70. The van der Waals surface area contributed by atoms with Gasteiger partial charge in [-0.2, -0.15) is 0 Å². The van der Waals surface area contributed by atoms with Crippen molar-refractivity contribution in [3.05, 3.63) is 0 Å². The summed E-state index contributed by atoms with van der Waals surface area (Å²) in [5.74, 6) is -0.298. The molecule has 1 saturated heterocycles. The number of amides is 1. The van der Waals surface area contributed by atoms with Crippen LogP contribution < -0.4 is 5.32 Å². The molecule has 1 heterocycles. The van der Waals surface area contributed by atoms with E-state index >= 15 is 0 Å². The fourth-order valence-corrected chi connectivity index (χ4v) is 2.50. The van der Waals surface area contributed by atoms with E-state index in [1.54, 1.807) is 0 Å². The zero-order valence-corrected chi connectivity index (χ0v) is 15.4. The van der Waals surface area contributed by atoms with Crippen molar-refractivity contribution in [3.63, 3.8) is 0 Å². The van der Waals surface area contributed by atoms with Gasteiger partial charge in [0.1, 0.15) is 5.60 Å². The standard InChI is InChI=1S/C17H32N2O5/c1-17(2,3)24-16(21)18-9-7-5-6-8-10-19-11-12-23-14(13-19)15(20)22-4/h14H,5-13H2,1-4H3,(H,18,21)/t14-/m1/s1. The minimum atomic E-state index is -0.457. The molecule has 1 rings (SSSR count). The molecule has 0 spiro atoms. The lowest BCUT2D eigenvalue weighted by atomic mass is 10.1. The van der Waals surface area contributed by atoms with Crippen molar-refractivity contribution < 1.29 is 23.8 Å². The number of rotatable bonds is 8. The molecule has 0 aromatic heterocycles. The van der Waals surface area contributed by atoms with Crippen molar-refractivity contribution in [2.75, 3.05) is 39.9 Å². The normalized spacial score (nSPS) is 18.9. The molecule has 1 aliphatic heterocycles. The molecule has 1 amide bonds. The lowest BCUT2D eigenvalue weighted by molar-refractivity contribution is -0.159. The number of methoxy groups -OCH3 is 1. The van der Waals surface area contributed by atoms with Crippen LogP contribution in [0.4, 0.5) is 4.79 Å². The lowest BCUT2D eigenvalue weighted by Crippen LogP contribution is -2.46. The third-order valence-electron chi connectivity index (χ3n) is 3.68. The molecule has 0 bridgehead atoms. The van der Waals surface area contributed by atoms with Gasteiger partial charge in [0.25, 0.3) is 0 Å². The lowest BCUT2D eigenvalue weighted by Gasteiger charge is -2.31. The van der Waals surface area contributed by atoms with E-state index in [4.69, 9.17) is 14.2 Å². The number of esters is 1. The predicted octanol–water partition coefficient (Wildman–Crippen LogP) is 1.95. The number of carbonyl (C=O) groups excluding carboxylic acids is 2. The van der Waals surface area contributed by atoms with Crippen LogP contribution in [0, 0.1) is 0 Å². The summed E-state index contributed by atoms with van der Waals surface area (Å²) < 4.78 is 15.3. The van der Waals surface area contributed by atoms with E-state index in [0.29, 0.717) is 19.7 Å². The number of carbonyl (C=O) groups is 2. The SMILES string of the molecule is COC(=O)[C@H]1CN(CCCCCCNC(=O)OC(C)(C)C)CCO1. The number of nitrogens with one attached hydrogen (secondary N) is 1. The molecule has 0 aromatic carbocycles. The van der Waals surface area contributed by atoms with Gasteiger partial charge >= 0.3 is 12.1 Å². The number of nitrogens with zero attached hydrogens (tertiary/aromatic N) is 1. The summed E-state index contributed by atoms with van der Waals surface area (Å²) in [6.07, 6.45) is 3.34. The van der Waals surface area contributed by atoms with Crippen molar-refractivity contribution in [2.24, 2.45) is 0 Å². The zero-order valence-electron chi connectivity index (χ0n) is 15.4. The number of unbranched alkanes of at least 4 members (excludes halogenated alkanes) is 3. The molecule has 24 heavy (non-hydrogen) atoms. The smallest absolute Gasteiger partial charge is 0.407 e. The number of hydrogen-bond donors (Lipinski definition) is 1. The van der Waals surface area contributed by atoms with Gasteiger partial charge in [-0.1, -0.05) is 12.8 Å². The highest BCUT2D eigenvalue weighted by Gasteiger charge is 2.26. The van der Waals surface area contributed by atoms with Gasteiger partial charge in [-0.05, 0) is 40.2 Å². The molecule has 0 aliphatic carbocycles. The summed E-state index contributed by atoms with van der Waals surface area (Å²) in [6, 6.07) is 0. The van der Waals surface area contributed by atoms with E-state index in [-0.39, 0.29) is 12.1 Å². The Labute approximate surface area is 145 Å². The van der Waals surface area contributed by atoms with Gasteiger partial charge in [0.05, 0.1) is 13.7 Å². The van der Waals surface area contributed by atoms with Crippen molar-refractivity contribution in [1.29, 1.82) is 0 Å². The first kappa shape index (κ1) is 20.7. The fraction of sp³-hybridized carbons (Fsp3) is 0.882. The maximum atomic E-state index is 11.5. The average molecular weight is 344 g/mol. The second kappa shape index (κ2) is 10.5. The van der Waals surface area contributed by atoms with Crippen molar-refractivity contribution in [3.8, 4) is 0 Å². The zero-order chi connectivity index (χ0) is 18.0. The van der Waals surface area contributed by atoms with Crippen LogP contribution in [0.3, 0.4) is 0 Å². The highest BCUT2D eigenvalue weighted by atomic mass is 16.6. The Hall–Kier alpha value is -1.34.